The highest BCUT2D eigenvalue weighted by Crippen LogP contribution is 2.51. The van der Waals surface area contributed by atoms with Crippen LogP contribution in [-0.4, -0.2) is 0 Å². The first kappa shape index (κ1) is 16.8. The van der Waals surface area contributed by atoms with Crippen LogP contribution in [0.4, 0.5) is 0 Å². The summed E-state index contributed by atoms with van der Waals surface area (Å²) >= 11 is 0. The van der Waals surface area contributed by atoms with Crippen molar-refractivity contribution in [3.63, 3.8) is 0 Å². The Morgan fingerprint density at radius 2 is 1.18 bits per heavy atom. The Hall–Kier alpha value is -1.56. The molecule has 0 spiro atoms. The first-order chi connectivity index (χ1) is 10.6. The van der Waals surface area contributed by atoms with Crippen molar-refractivity contribution in [1.82, 2.24) is 0 Å². The number of hydrogen-bond acceptors (Lipinski definition) is 0. The van der Waals surface area contributed by atoms with E-state index in [2.05, 4.69) is 88.4 Å². The van der Waals surface area contributed by atoms with Gasteiger partial charge in [-0.3, -0.25) is 0 Å². The van der Waals surface area contributed by atoms with Gasteiger partial charge in [0.15, 0.2) is 0 Å². The lowest BCUT2D eigenvalue weighted by molar-refractivity contribution is 0.195. The molecule has 22 heavy (non-hydrogen) atoms. The van der Waals surface area contributed by atoms with Gasteiger partial charge in [-0.2, -0.15) is 0 Å². The molecule has 0 heteroatoms. The number of benzene rings is 2. The van der Waals surface area contributed by atoms with Gasteiger partial charge in [0.05, 0.1) is 0 Å². The van der Waals surface area contributed by atoms with Gasteiger partial charge < -0.3 is 0 Å². The Morgan fingerprint density at radius 3 is 1.59 bits per heavy atom. The predicted octanol–water partition coefficient (Wildman–Crippen LogP) is 6.50. The van der Waals surface area contributed by atoms with Crippen LogP contribution in [0, 0.1) is 0 Å². The fraction of sp³-hybridized carbons (Fsp3) is 0.455. The number of rotatable bonds is 7. The molecule has 0 N–H and O–H groups in total. The van der Waals surface area contributed by atoms with E-state index < -0.39 is 0 Å². The lowest BCUT2D eigenvalue weighted by atomic mass is 9.54. The second-order valence-corrected chi connectivity index (χ2v) is 6.60. The Kier molecular flexibility index (Phi) is 5.45. The van der Waals surface area contributed by atoms with Gasteiger partial charge in [-0.05, 0) is 30.4 Å². The van der Waals surface area contributed by atoms with Crippen molar-refractivity contribution in [3.05, 3.63) is 71.8 Å². The monoisotopic (exact) mass is 294 g/mol. The van der Waals surface area contributed by atoms with E-state index in [-0.39, 0.29) is 10.8 Å². The molecular weight excluding hydrogens is 264 g/mol. The SMILES string of the molecule is CCCC(CC)(c1ccccc1)C(C)(CC)c1ccccc1. The first-order valence-corrected chi connectivity index (χ1v) is 8.75. The molecular formula is C22H30. The van der Waals surface area contributed by atoms with E-state index in [0.29, 0.717) is 0 Å². The summed E-state index contributed by atoms with van der Waals surface area (Å²) in [5.41, 5.74) is 3.31. The van der Waals surface area contributed by atoms with E-state index in [1.807, 2.05) is 0 Å². The highest BCUT2D eigenvalue weighted by molar-refractivity contribution is 5.38. The van der Waals surface area contributed by atoms with Crippen molar-refractivity contribution in [2.75, 3.05) is 0 Å². The third-order valence-corrected chi connectivity index (χ3v) is 5.78. The summed E-state index contributed by atoms with van der Waals surface area (Å²) in [6.07, 6.45) is 4.77. The summed E-state index contributed by atoms with van der Waals surface area (Å²) in [5.74, 6) is 0. The lowest BCUT2D eigenvalue weighted by Crippen LogP contribution is -2.46. The van der Waals surface area contributed by atoms with Crippen LogP contribution in [-0.2, 0) is 10.8 Å². The molecule has 118 valence electrons. The largest absolute Gasteiger partial charge is 0.0654 e. The highest BCUT2D eigenvalue weighted by Gasteiger charge is 2.46. The first-order valence-electron chi connectivity index (χ1n) is 8.75. The molecule has 0 bridgehead atoms. The maximum absolute atomic E-state index is 2.47. The predicted molar refractivity (Wildman–Crippen MR) is 97.4 cm³/mol. The van der Waals surface area contributed by atoms with Crippen LogP contribution in [0.25, 0.3) is 0 Å². The van der Waals surface area contributed by atoms with Crippen LogP contribution < -0.4 is 0 Å². The van der Waals surface area contributed by atoms with Crippen molar-refractivity contribution < 1.29 is 0 Å². The van der Waals surface area contributed by atoms with E-state index in [1.165, 1.54) is 30.4 Å². The lowest BCUT2D eigenvalue weighted by Gasteiger charge is -2.50. The normalized spacial score (nSPS) is 16.7. The Morgan fingerprint density at radius 1 is 0.682 bits per heavy atom. The van der Waals surface area contributed by atoms with Gasteiger partial charge in [-0.1, -0.05) is 94.8 Å². The molecule has 0 heterocycles. The standard InChI is InChI=1S/C22H30/c1-5-18-22(7-3,20-16-12-9-13-17-20)21(4,6-2)19-14-10-8-11-15-19/h8-17H,5-7,18H2,1-4H3. The number of hydrogen-bond donors (Lipinski definition) is 0. The summed E-state index contributed by atoms with van der Waals surface area (Å²) in [6, 6.07) is 22.3. The van der Waals surface area contributed by atoms with Gasteiger partial charge in [0.25, 0.3) is 0 Å². The molecule has 0 radical (unpaired) electrons. The van der Waals surface area contributed by atoms with Crippen LogP contribution >= 0.6 is 0 Å². The van der Waals surface area contributed by atoms with Crippen molar-refractivity contribution in [1.29, 1.82) is 0 Å². The topological polar surface area (TPSA) is 0 Å². The quantitative estimate of drug-likeness (QED) is 0.546. The van der Waals surface area contributed by atoms with E-state index in [9.17, 15) is 0 Å². The molecule has 2 unspecified atom stereocenters. The molecule has 0 saturated heterocycles. The Bertz CT molecular complexity index is 557. The molecule has 0 nitrogen and oxygen atoms in total. The van der Waals surface area contributed by atoms with Crippen molar-refractivity contribution >= 4 is 0 Å². The second kappa shape index (κ2) is 7.13. The zero-order valence-corrected chi connectivity index (χ0v) is 14.6. The minimum atomic E-state index is 0.153. The van der Waals surface area contributed by atoms with Gasteiger partial charge in [-0.25, -0.2) is 0 Å². The average molecular weight is 294 g/mol. The van der Waals surface area contributed by atoms with E-state index in [1.54, 1.807) is 0 Å². The summed E-state index contributed by atoms with van der Waals surface area (Å²) < 4.78 is 0. The summed E-state index contributed by atoms with van der Waals surface area (Å²) in [6.45, 7) is 9.48. The summed E-state index contributed by atoms with van der Waals surface area (Å²) in [7, 11) is 0. The zero-order chi connectivity index (χ0) is 16.1. The highest BCUT2D eigenvalue weighted by atomic mass is 14.5. The zero-order valence-electron chi connectivity index (χ0n) is 14.6. The van der Waals surface area contributed by atoms with Gasteiger partial charge in [0, 0.05) is 10.8 Å². The summed E-state index contributed by atoms with van der Waals surface area (Å²) in [4.78, 5) is 0. The van der Waals surface area contributed by atoms with Crippen LogP contribution in [0.15, 0.2) is 60.7 Å². The fourth-order valence-corrected chi connectivity index (χ4v) is 4.32. The van der Waals surface area contributed by atoms with Crippen molar-refractivity contribution in [2.24, 2.45) is 0 Å². The molecule has 0 amide bonds. The van der Waals surface area contributed by atoms with Gasteiger partial charge in [0.1, 0.15) is 0 Å². The summed E-state index contributed by atoms with van der Waals surface area (Å²) in [5, 5.41) is 0. The fourth-order valence-electron chi connectivity index (χ4n) is 4.32. The molecule has 2 rings (SSSR count). The molecule has 0 aliphatic heterocycles. The second-order valence-electron chi connectivity index (χ2n) is 6.60. The molecule has 2 aromatic rings. The van der Waals surface area contributed by atoms with Crippen LogP contribution in [0.3, 0.4) is 0 Å². The van der Waals surface area contributed by atoms with Crippen molar-refractivity contribution in [3.8, 4) is 0 Å². The van der Waals surface area contributed by atoms with Gasteiger partial charge in [0.2, 0.25) is 0 Å². The smallest absolute Gasteiger partial charge is 0.00443 e. The van der Waals surface area contributed by atoms with E-state index >= 15 is 0 Å². The maximum atomic E-state index is 2.47. The Balaban J connectivity index is 2.66. The molecule has 2 atom stereocenters. The maximum Gasteiger partial charge on any atom is 0.00443 e. The van der Waals surface area contributed by atoms with E-state index in [4.69, 9.17) is 0 Å². The average Bonchev–Trinajstić information content (AvgIpc) is 2.60. The minimum Gasteiger partial charge on any atom is -0.0654 e. The molecule has 0 aliphatic carbocycles. The molecule has 0 saturated carbocycles. The van der Waals surface area contributed by atoms with Gasteiger partial charge >= 0.3 is 0 Å². The van der Waals surface area contributed by atoms with Crippen LogP contribution in [0.5, 0.6) is 0 Å². The Labute approximate surface area is 136 Å². The molecule has 2 aromatic carbocycles. The van der Waals surface area contributed by atoms with Crippen molar-refractivity contribution in [2.45, 2.75) is 64.2 Å². The van der Waals surface area contributed by atoms with Crippen LogP contribution in [0.1, 0.15) is 64.5 Å². The molecule has 0 aromatic heterocycles. The van der Waals surface area contributed by atoms with Gasteiger partial charge in [-0.15, -0.1) is 0 Å². The third kappa shape index (κ3) is 2.72. The third-order valence-electron chi connectivity index (χ3n) is 5.78. The van der Waals surface area contributed by atoms with Crippen LogP contribution in [0.2, 0.25) is 0 Å². The molecule has 0 aliphatic rings. The van der Waals surface area contributed by atoms with E-state index in [0.717, 1.165) is 6.42 Å². The minimum absolute atomic E-state index is 0.153. The molecule has 0 fully saturated rings.